The van der Waals surface area contributed by atoms with Crippen molar-refractivity contribution in [3.05, 3.63) is 42.2 Å². The van der Waals surface area contributed by atoms with Crippen molar-refractivity contribution in [3.8, 4) is 0 Å². The van der Waals surface area contributed by atoms with Gasteiger partial charge in [-0.3, -0.25) is 34.0 Å². The highest BCUT2D eigenvalue weighted by Gasteiger charge is 2.45. The summed E-state index contributed by atoms with van der Waals surface area (Å²) in [6.45, 7) is 5.28. The maximum atomic E-state index is 13.7. The minimum atomic E-state index is -1.18. The van der Waals surface area contributed by atoms with E-state index in [1.807, 2.05) is 12.1 Å². The first-order chi connectivity index (χ1) is 19.0. The molecule has 0 bridgehead atoms. The Labute approximate surface area is 231 Å². The molecule has 40 heavy (non-hydrogen) atoms. The van der Waals surface area contributed by atoms with Crippen molar-refractivity contribution in [2.45, 2.75) is 76.6 Å². The number of nitrogens with one attached hydrogen (secondary N) is 2. The largest absolute Gasteiger partial charge is 0.460 e. The van der Waals surface area contributed by atoms with Crippen molar-refractivity contribution in [3.63, 3.8) is 0 Å². The van der Waals surface area contributed by atoms with E-state index in [4.69, 9.17) is 4.74 Å². The predicted molar refractivity (Wildman–Crippen MR) is 142 cm³/mol. The summed E-state index contributed by atoms with van der Waals surface area (Å²) in [6, 6.07) is 5.61. The number of ether oxygens (including phenoxy) is 1. The number of hydrazine groups is 1. The molecule has 3 heterocycles. The van der Waals surface area contributed by atoms with Gasteiger partial charge in [-0.25, -0.2) is 5.01 Å². The second-order valence-corrected chi connectivity index (χ2v) is 10.8. The fourth-order valence-corrected chi connectivity index (χ4v) is 4.91. The highest BCUT2D eigenvalue weighted by molar-refractivity contribution is 6.07. The number of hydrogen-bond donors (Lipinski definition) is 2. The van der Waals surface area contributed by atoms with Gasteiger partial charge in [-0.1, -0.05) is 24.3 Å². The van der Waals surface area contributed by atoms with Crippen LogP contribution in [-0.4, -0.2) is 81.2 Å². The fourth-order valence-electron chi connectivity index (χ4n) is 4.91. The molecule has 2 aliphatic rings. The molecular formula is C28H33N5O7. The van der Waals surface area contributed by atoms with E-state index >= 15 is 0 Å². The number of amides is 4. The first-order valence-electron chi connectivity index (χ1n) is 13.2. The molecule has 2 aliphatic heterocycles. The lowest BCUT2D eigenvalue weighted by Gasteiger charge is -2.43. The molecule has 2 saturated heterocycles. The number of carbonyl (C=O) groups excluding carboxylic acids is 6. The Kier molecular flexibility index (Phi) is 8.46. The van der Waals surface area contributed by atoms with Crippen LogP contribution in [0.5, 0.6) is 0 Å². The van der Waals surface area contributed by atoms with Crippen molar-refractivity contribution in [1.82, 2.24) is 25.6 Å². The van der Waals surface area contributed by atoms with Crippen molar-refractivity contribution < 1.29 is 33.5 Å². The molecule has 2 aromatic rings. The van der Waals surface area contributed by atoms with E-state index in [1.54, 1.807) is 39.0 Å². The molecule has 0 radical (unpaired) electrons. The van der Waals surface area contributed by atoms with Gasteiger partial charge in [0, 0.05) is 24.5 Å². The normalized spacial score (nSPS) is 20.3. The first-order valence-corrected chi connectivity index (χ1v) is 13.2. The molecule has 3 atom stereocenters. The first kappa shape index (κ1) is 28.7. The van der Waals surface area contributed by atoms with E-state index < -0.39 is 47.4 Å². The van der Waals surface area contributed by atoms with Gasteiger partial charge in [0.15, 0.2) is 0 Å². The van der Waals surface area contributed by atoms with Gasteiger partial charge in [-0.2, -0.15) is 0 Å². The molecule has 3 unspecified atom stereocenters. The summed E-state index contributed by atoms with van der Waals surface area (Å²) in [5, 5.41) is 8.96. The Morgan fingerprint density at radius 2 is 1.90 bits per heavy atom. The van der Waals surface area contributed by atoms with Crippen molar-refractivity contribution in [2.75, 3.05) is 6.54 Å². The third kappa shape index (κ3) is 6.44. The third-order valence-electron chi connectivity index (χ3n) is 6.66. The lowest BCUT2D eigenvalue weighted by molar-refractivity contribution is -0.176. The molecule has 0 saturated carbocycles. The highest BCUT2D eigenvalue weighted by Crippen LogP contribution is 2.26. The molecule has 1 aromatic heterocycles. The summed E-state index contributed by atoms with van der Waals surface area (Å²) in [4.78, 5) is 81.3. The minimum absolute atomic E-state index is 0.0138. The summed E-state index contributed by atoms with van der Waals surface area (Å²) in [5.41, 5.74) is -0.625. The molecule has 0 spiro atoms. The van der Waals surface area contributed by atoms with Gasteiger partial charge in [0.25, 0.3) is 11.8 Å². The van der Waals surface area contributed by atoms with E-state index in [1.165, 1.54) is 11.2 Å². The number of nitrogens with zero attached hydrogens (tertiary/aromatic N) is 3. The van der Waals surface area contributed by atoms with Crippen LogP contribution < -0.4 is 10.6 Å². The molecular weight excluding hydrogens is 518 g/mol. The second kappa shape index (κ2) is 11.8. The number of esters is 1. The van der Waals surface area contributed by atoms with Gasteiger partial charge in [0.05, 0.1) is 12.5 Å². The number of hydrogen-bond acceptors (Lipinski definition) is 8. The lowest BCUT2D eigenvalue weighted by atomic mass is 10.0. The standard InChI is InChI=1S/C28H33N5O7/c1-28(2,3)40-23(36)15-18(16-34)30-25(37)21-9-6-14-32-22(35)11-10-20(27(39)33(21)32)31-26(38)24-19-8-5-4-7-17(19)12-13-29-24/h4-5,7-8,12-13,16,18,20-21H,6,9-11,14-15H2,1-3H3,(H,30,37)(H,31,38). The summed E-state index contributed by atoms with van der Waals surface area (Å²) >= 11 is 0. The van der Waals surface area contributed by atoms with Gasteiger partial charge < -0.3 is 20.2 Å². The van der Waals surface area contributed by atoms with Crippen molar-refractivity contribution in [1.29, 1.82) is 0 Å². The Morgan fingerprint density at radius 3 is 2.62 bits per heavy atom. The smallest absolute Gasteiger partial charge is 0.308 e. The highest BCUT2D eigenvalue weighted by atomic mass is 16.6. The van der Waals surface area contributed by atoms with E-state index in [-0.39, 0.29) is 43.8 Å². The zero-order valence-corrected chi connectivity index (χ0v) is 22.7. The van der Waals surface area contributed by atoms with Crippen LogP contribution in [0.15, 0.2) is 36.5 Å². The van der Waals surface area contributed by atoms with Crippen LogP contribution in [0.25, 0.3) is 10.8 Å². The number of aldehydes is 1. The topological polar surface area (TPSA) is 155 Å². The number of carbonyl (C=O) groups is 6. The van der Waals surface area contributed by atoms with Gasteiger partial charge in [0.2, 0.25) is 11.8 Å². The molecule has 1 aromatic carbocycles. The zero-order valence-electron chi connectivity index (χ0n) is 22.7. The molecule has 12 nitrogen and oxygen atoms in total. The predicted octanol–water partition coefficient (Wildman–Crippen LogP) is 1.28. The van der Waals surface area contributed by atoms with Crippen LogP contribution >= 0.6 is 0 Å². The van der Waals surface area contributed by atoms with Crippen LogP contribution in [0.3, 0.4) is 0 Å². The van der Waals surface area contributed by atoms with Crippen molar-refractivity contribution in [2.24, 2.45) is 0 Å². The van der Waals surface area contributed by atoms with Crippen LogP contribution in [0, 0.1) is 0 Å². The quantitative estimate of drug-likeness (QED) is 0.385. The average molecular weight is 552 g/mol. The fraction of sp³-hybridized carbons (Fsp3) is 0.464. The SMILES string of the molecule is CC(C)(C)OC(=O)CC(C=O)NC(=O)C1CCCN2C(=O)CCC(NC(=O)c3nccc4ccccc34)C(=O)N12. The van der Waals surface area contributed by atoms with E-state index in [0.717, 1.165) is 10.4 Å². The van der Waals surface area contributed by atoms with Crippen LogP contribution in [0.2, 0.25) is 0 Å². The zero-order chi connectivity index (χ0) is 29.0. The Morgan fingerprint density at radius 1 is 1.15 bits per heavy atom. The maximum Gasteiger partial charge on any atom is 0.308 e. The molecule has 0 aliphatic carbocycles. The van der Waals surface area contributed by atoms with E-state index in [2.05, 4.69) is 15.6 Å². The molecule has 212 valence electrons. The Bertz CT molecular complexity index is 1330. The molecule has 2 fully saturated rings. The summed E-state index contributed by atoms with van der Waals surface area (Å²) in [7, 11) is 0. The van der Waals surface area contributed by atoms with Gasteiger partial charge in [0.1, 0.15) is 29.7 Å². The molecule has 2 N–H and O–H groups in total. The summed E-state index contributed by atoms with van der Waals surface area (Å²) < 4.78 is 5.23. The van der Waals surface area contributed by atoms with Crippen LogP contribution in [-0.2, 0) is 28.7 Å². The lowest BCUT2D eigenvalue weighted by Crippen LogP contribution is -2.64. The van der Waals surface area contributed by atoms with Crippen molar-refractivity contribution >= 4 is 46.7 Å². The third-order valence-corrected chi connectivity index (χ3v) is 6.66. The number of aromatic nitrogens is 1. The molecule has 4 amide bonds. The minimum Gasteiger partial charge on any atom is -0.460 e. The average Bonchev–Trinajstić information content (AvgIpc) is 3.03. The summed E-state index contributed by atoms with van der Waals surface area (Å²) in [6.07, 6.45) is 2.26. The van der Waals surface area contributed by atoms with Crippen LogP contribution in [0.1, 0.15) is 63.4 Å². The Balaban J connectivity index is 1.52. The number of fused-ring (bicyclic) bond motifs is 2. The summed E-state index contributed by atoms with van der Waals surface area (Å²) in [5.74, 6) is -2.90. The van der Waals surface area contributed by atoms with Crippen LogP contribution in [0.4, 0.5) is 0 Å². The van der Waals surface area contributed by atoms with E-state index in [9.17, 15) is 28.8 Å². The second-order valence-electron chi connectivity index (χ2n) is 10.8. The van der Waals surface area contributed by atoms with Gasteiger partial charge in [-0.15, -0.1) is 0 Å². The number of rotatable bonds is 7. The molecule has 4 rings (SSSR count). The van der Waals surface area contributed by atoms with Gasteiger partial charge >= 0.3 is 5.97 Å². The molecule has 12 heteroatoms. The maximum absolute atomic E-state index is 13.7. The van der Waals surface area contributed by atoms with Gasteiger partial charge in [-0.05, 0) is 51.5 Å². The Hall–Kier alpha value is -4.35. The number of benzene rings is 1. The monoisotopic (exact) mass is 551 g/mol. The number of pyridine rings is 1. The van der Waals surface area contributed by atoms with E-state index in [0.29, 0.717) is 18.1 Å².